The van der Waals surface area contributed by atoms with Crippen molar-refractivity contribution in [3.05, 3.63) is 35.9 Å². The summed E-state index contributed by atoms with van der Waals surface area (Å²) < 4.78 is 0. The number of piperazine rings is 1. The third-order valence-corrected chi connectivity index (χ3v) is 3.77. The summed E-state index contributed by atoms with van der Waals surface area (Å²) in [5.41, 5.74) is 6.41. The first-order valence-electron chi connectivity index (χ1n) is 6.90. The van der Waals surface area contributed by atoms with E-state index in [1.165, 1.54) is 5.56 Å². The van der Waals surface area contributed by atoms with Crippen LogP contribution in [0.3, 0.4) is 0 Å². The molecule has 1 saturated heterocycles. The molecule has 1 unspecified atom stereocenters. The van der Waals surface area contributed by atoms with Crippen molar-refractivity contribution in [2.45, 2.75) is 19.4 Å². The van der Waals surface area contributed by atoms with Crippen LogP contribution in [0.5, 0.6) is 0 Å². The fourth-order valence-electron chi connectivity index (χ4n) is 2.62. The number of hydrogen-bond donors (Lipinski definition) is 1. The van der Waals surface area contributed by atoms with Crippen molar-refractivity contribution in [1.29, 1.82) is 0 Å². The zero-order chi connectivity index (χ0) is 14.5. The molecule has 1 heterocycles. The predicted octanol–water partition coefficient (Wildman–Crippen LogP) is 0.767. The lowest BCUT2D eigenvalue weighted by Gasteiger charge is -2.41. The van der Waals surface area contributed by atoms with Gasteiger partial charge >= 0.3 is 0 Å². The van der Waals surface area contributed by atoms with Crippen molar-refractivity contribution in [2.75, 3.05) is 26.2 Å². The Morgan fingerprint density at radius 2 is 1.95 bits per heavy atom. The first-order chi connectivity index (χ1) is 9.58. The molecule has 2 amide bonds. The normalized spacial score (nSPS) is 19.9. The van der Waals surface area contributed by atoms with Crippen LogP contribution in [0.15, 0.2) is 30.3 Å². The summed E-state index contributed by atoms with van der Waals surface area (Å²) in [5.74, 6) is -0.189. The van der Waals surface area contributed by atoms with E-state index in [1.54, 1.807) is 6.92 Å². The van der Waals surface area contributed by atoms with Gasteiger partial charge in [-0.3, -0.25) is 14.5 Å². The minimum atomic E-state index is -0.286. The summed E-state index contributed by atoms with van der Waals surface area (Å²) in [5, 5.41) is 0. The molecule has 0 bridgehead atoms. The van der Waals surface area contributed by atoms with Crippen LogP contribution in [0.1, 0.15) is 24.9 Å². The molecule has 5 nitrogen and oxygen atoms in total. The van der Waals surface area contributed by atoms with Crippen molar-refractivity contribution in [3.8, 4) is 0 Å². The van der Waals surface area contributed by atoms with Gasteiger partial charge in [-0.2, -0.15) is 0 Å². The summed E-state index contributed by atoms with van der Waals surface area (Å²) >= 11 is 0. The molecule has 1 aromatic carbocycles. The van der Waals surface area contributed by atoms with Crippen LogP contribution in [0.4, 0.5) is 0 Å². The lowest BCUT2D eigenvalue weighted by molar-refractivity contribution is -0.132. The highest BCUT2D eigenvalue weighted by Gasteiger charge is 2.29. The van der Waals surface area contributed by atoms with Crippen molar-refractivity contribution in [2.24, 2.45) is 5.73 Å². The lowest BCUT2D eigenvalue weighted by atomic mass is 10.0. The van der Waals surface area contributed by atoms with Gasteiger partial charge in [-0.1, -0.05) is 30.3 Å². The second kappa shape index (κ2) is 6.52. The molecule has 20 heavy (non-hydrogen) atoms. The molecular weight excluding hydrogens is 254 g/mol. The third kappa shape index (κ3) is 3.57. The monoisotopic (exact) mass is 275 g/mol. The summed E-state index contributed by atoms with van der Waals surface area (Å²) in [6.07, 6.45) is 0.351. The standard InChI is InChI=1S/C15H21N3O2/c1-12(19)18-10-9-17(8-7-15(16)20)14(11-18)13-5-3-2-4-6-13/h2-6,14H,7-11H2,1H3,(H2,16,20). The van der Waals surface area contributed by atoms with Gasteiger partial charge in [-0.25, -0.2) is 0 Å². The summed E-state index contributed by atoms with van der Waals surface area (Å²) in [4.78, 5) is 26.7. The molecule has 1 aliphatic heterocycles. The van der Waals surface area contributed by atoms with Gasteiger partial charge in [0.05, 0.1) is 6.04 Å². The Labute approximate surface area is 119 Å². The minimum Gasteiger partial charge on any atom is -0.370 e. The smallest absolute Gasteiger partial charge is 0.219 e. The highest BCUT2D eigenvalue weighted by molar-refractivity contribution is 5.74. The van der Waals surface area contributed by atoms with Gasteiger partial charge < -0.3 is 10.6 Å². The van der Waals surface area contributed by atoms with Gasteiger partial charge in [0.2, 0.25) is 11.8 Å². The molecule has 0 radical (unpaired) electrons. The van der Waals surface area contributed by atoms with E-state index in [2.05, 4.69) is 17.0 Å². The number of amides is 2. The van der Waals surface area contributed by atoms with E-state index < -0.39 is 0 Å². The Hall–Kier alpha value is -1.88. The van der Waals surface area contributed by atoms with E-state index >= 15 is 0 Å². The van der Waals surface area contributed by atoms with Crippen molar-refractivity contribution >= 4 is 11.8 Å². The highest BCUT2D eigenvalue weighted by atomic mass is 16.2. The van der Waals surface area contributed by atoms with Crippen LogP contribution in [-0.2, 0) is 9.59 Å². The number of nitrogens with two attached hydrogens (primary N) is 1. The second-order valence-electron chi connectivity index (χ2n) is 5.14. The van der Waals surface area contributed by atoms with E-state index in [0.717, 1.165) is 6.54 Å². The number of rotatable bonds is 4. The number of hydrogen-bond acceptors (Lipinski definition) is 3. The van der Waals surface area contributed by atoms with Crippen LogP contribution in [0, 0.1) is 0 Å². The van der Waals surface area contributed by atoms with Crippen LogP contribution >= 0.6 is 0 Å². The molecular formula is C15H21N3O2. The van der Waals surface area contributed by atoms with Gasteiger partial charge in [-0.15, -0.1) is 0 Å². The molecule has 1 atom stereocenters. The molecule has 1 fully saturated rings. The second-order valence-corrected chi connectivity index (χ2v) is 5.14. The maximum atomic E-state index is 11.6. The SMILES string of the molecule is CC(=O)N1CCN(CCC(N)=O)C(c2ccccc2)C1. The van der Waals surface area contributed by atoms with Gasteiger partial charge in [0.1, 0.15) is 0 Å². The first-order valence-corrected chi connectivity index (χ1v) is 6.90. The Balaban J connectivity index is 2.14. The zero-order valence-electron chi connectivity index (χ0n) is 11.8. The van der Waals surface area contributed by atoms with Gasteiger partial charge in [0, 0.05) is 39.5 Å². The number of benzene rings is 1. The van der Waals surface area contributed by atoms with Crippen LogP contribution in [0.25, 0.3) is 0 Å². The fraction of sp³-hybridized carbons (Fsp3) is 0.467. The van der Waals surface area contributed by atoms with Crippen molar-refractivity contribution in [1.82, 2.24) is 9.80 Å². The Kier molecular flexibility index (Phi) is 4.74. The van der Waals surface area contributed by atoms with E-state index in [4.69, 9.17) is 5.73 Å². The number of carbonyl (C=O) groups excluding carboxylic acids is 2. The topological polar surface area (TPSA) is 66.6 Å². The molecule has 0 saturated carbocycles. The van der Waals surface area contributed by atoms with Crippen LogP contribution in [-0.4, -0.2) is 47.8 Å². The van der Waals surface area contributed by atoms with Crippen molar-refractivity contribution in [3.63, 3.8) is 0 Å². The predicted molar refractivity (Wildman–Crippen MR) is 76.8 cm³/mol. The van der Waals surface area contributed by atoms with Crippen LogP contribution in [0.2, 0.25) is 0 Å². The zero-order valence-corrected chi connectivity index (χ0v) is 11.8. The highest BCUT2D eigenvalue weighted by Crippen LogP contribution is 2.25. The molecule has 108 valence electrons. The molecule has 2 rings (SSSR count). The van der Waals surface area contributed by atoms with Gasteiger partial charge in [-0.05, 0) is 5.56 Å². The molecule has 0 aromatic heterocycles. The maximum absolute atomic E-state index is 11.6. The largest absolute Gasteiger partial charge is 0.370 e. The quantitative estimate of drug-likeness (QED) is 0.882. The van der Waals surface area contributed by atoms with Crippen molar-refractivity contribution < 1.29 is 9.59 Å². The number of nitrogens with zero attached hydrogens (tertiary/aromatic N) is 2. The Morgan fingerprint density at radius 1 is 1.25 bits per heavy atom. The molecule has 2 N–H and O–H groups in total. The van der Waals surface area contributed by atoms with Crippen LogP contribution < -0.4 is 5.73 Å². The molecule has 5 heteroatoms. The number of carbonyl (C=O) groups is 2. The average Bonchev–Trinajstić information content (AvgIpc) is 2.45. The minimum absolute atomic E-state index is 0.0977. The third-order valence-electron chi connectivity index (χ3n) is 3.77. The van der Waals surface area contributed by atoms with Gasteiger partial charge in [0.15, 0.2) is 0 Å². The van der Waals surface area contributed by atoms with E-state index in [1.807, 2.05) is 23.1 Å². The average molecular weight is 275 g/mol. The number of primary amides is 1. The first kappa shape index (κ1) is 14.5. The Bertz CT molecular complexity index is 475. The molecule has 1 aromatic rings. The van der Waals surface area contributed by atoms with E-state index in [-0.39, 0.29) is 17.9 Å². The summed E-state index contributed by atoms with van der Waals surface area (Å²) in [6, 6.07) is 10.2. The molecule has 0 spiro atoms. The maximum Gasteiger partial charge on any atom is 0.219 e. The fourth-order valence-corrected chi connectivity index (χ4v) is 2.62. The Morgan fingerprint density at radius 3 is 2.55 bits per heavy atom. The lowest BCUT2D eigenvalue weighted by Crippen LogP contribution is -2.50. The summed E-state index contributed by atoms with van der Waals surface area (Å²) in [6.45, 7) is 4.38. The van der Waals surface area contributed by atoms with Gasteiger partial charge in [0.25, 0.3) is 0 Å². The van der Waals surface area contributed by atoms with E-state index in [9.17, 15) is 9.59 Å². The molecule has 1 aliphatic rings. The summed E-state index contributed by atoms with van der Waals surface area (Å²) in [7, 11) is 0. The molecule has 0 aliphatic carbocycles. The van der Waals surface area contributed by atoms with E-state index in [0.29, 0.717) is 26.1 Å².